The van der Waals surface area contributed by atoms with Gasteiger partial charge in [-0.2, -0.15) is 0 Å². The fourth-order valence-electron chi connectivity index (χ4n) is 4.83. The predicted octanol–water partition coefficient (Wildman–Crippen LogP) is 10.2. The maximum Gasteiger partial charge on any atom is -0.0103 e. The van der Waals surface area contributed by atoms with Crippen molar-refractivity contribution in [2.75, 3.05) is 0 Å². The van der Waals surface area contributed by atoms with E-state index >= 15 is 0 Å². The first-order valence-electron chi connectivity index (χ1n) is 12.8. The molecule has 0 aliphatic rings. The largest absolute Gasteiger partial charge is 0.0579 e. The average molecular weight is 455 g/mol. The third kappa shape index (κ3) is 5.48. The van der Waals surface area contributed by atoms with Gasteiger partial charge in [-0.25, -0.2) is 0 Å². The van der Waals surface area contributed by atoms with Crippen LogP contribution in [0.15, 0.2) is 60.7 Å². The average Bonchev–Trinajstić information content (AvgIpc) is 2.70. The molecule has 0 saturated carbocycles. The molecule has 34 heavy (non-hydrogen) atoms. The van der Waals surface area contributed by atoms with Crippen LogP contribution in [0.25, 0.3) is 22.3 Å². The van der Waals surface area contributed by atoms with Gasteiger partial charge in [0.1, 0.15) is 0 Å². The van der Waals surface area contributed by atoms with Crippen molar-refractivity contribution in [3.63, 3.8) is 0 Å². The van der Waals surface area contributed by atoms with Crippen molar-refractivity contribution >= 4 is 0 Å². The second kappa shape index (κ2) is 8.71. The van der Waals surface area contributed by atoms with E-state index < -0.39 is 0 Å². The highest BCUT2D eigenvalue weighted by atomic mass is 14.3. The Morgan fingerprint density at radius 1 is 0.382 bits per heavy atom. The molecule has 3 rings (SSSR count). The molecule has 0 heterocycles. The molecule has 0 N–H and O–H groups in total. The zero-order valence-corrected chi connectivity index (χ0v) is 23.8. The SMILES string of the molecule is CC(C)(C)c1ccc(-c2ccc(C(C)(C)C)c(-c3ccc(C(C)(C)C)cc3)c2C(C)(C)C)cc1. The summed E-state index contributed by atoms with van der Waals surface area (Å²) in [5.74, 6) is 0. The summed E-state index contributed by atoms with van der Waals surface area (Å²) in [6.07, 6.45) is 0. The van der Waals surface area contributed by atoms with Crippen molar-refractivity contribution < 1.29 is 0 Å². The predicted molar refractivity (Wildman–Crippen MR) is 152 cm³/mol. The molecule has 0 saturated heterocycles. The van der Waals surface area contributed by atoms with E-state index in [1.54, 1.807) is 0 Å². The quantitative estimate of drug-likeness (QED) is 0.361. The van der Waals surface area contributed by atoms with E-state index in [1.807, 2.05) is 0 Å². The molecule has 0 atom stereocenters. The molecule has 0 unspecified atom stereocenters. The Kier molecular flexibility index (Phi) is 6.73. The minimum atomic E-state index is -0.00265. The topological polar surface area (TPSA) is 0 Å². The van der Waals surface area contributed by atoms with Gasteiger partial charge in [0.15, 0.2) is 0 Å². The van der Waals surface area contributed by atoms with Crippen molar-refractivity contribution in [2.45, 2.75) is 105 Å². The summed E-state index contributed by atoms with van der Waals surface area (Å²) >= 11 is 0. The van der Waals surface area contributed by atoms with E-state index in [0.717, 1.165) is 0 Å². The Labute approximate surface area is 209 Å². The lowest BCUT2D eigenvalue weighted by Gasteiger charge is -2.33. The molecule has 0 amide bonds. The van der Waals surface area contributed by atoms with Crippen LogP contribution in [0.3, 0.4) is 0 Å². The Morgan fingerprint density at radius 3 is 1.15 bits per heavy atom. The van der Waals surface area contributed by atoms with E-state index in [9.17, 15) is 0 Å². The summed E-state index contributed by atoms with van der Waals surface area (Å²) in [4.78, 5) is 0. The summed E-state index contributed by atoms with van der Waals surface area (Å²) < 4.78 is 0. The van der Waals surface area contributed by atoms with Gasteiger partial charge in [0.2, 0.25) is 0 Å². The third-order valence-corrected chi connectivity index (χ3v) is 6.86. The second-order valence-corrected chi connectivity index (χ2v) is 14.1. The van der Waals surface area contributed by atoms with Crippen molar-refractivity contribution in [1.29, 1.82) is 0 Å². The van der Waals surface area contributed by atoms with Crippen LogP contribution in [0.5, 0.6) is 0 Å². The van der Waals surface area contributed by atoms with Gasteiger partial charge in [-0.1, -0.05) is 144 Å². The molecular formula is C34H46. The normalized spacial score (nSPS) is 13.3. The van der Waals surface area contributed by atoms with Gasteiger partial charge >= 0.3 is 0 Å². The van der Waals surface area contributed by atoms with Crippen LogP contribution in [0.1, 0.15) is 105 Å². The molecule has 0 heteroatoms. The van der Waals surface area contributed by atoms with Gasteiger partial charge in [-0.15, -0.1) is 0 Å². The highest BCUT2D eigenvalue weighted by Gasteiger charge is 2.29. The minimum absolute atomic E-state index is 0.00265. The molecule has 0 bridgehead atoms. The Hall–Kier alpha value is -2.34. The lowest BCUT2D eigenvalue weighted by atomic mass is 9.71. The highest BCUT2D eigenvalue weighted by molar-refractivity contribution is 5.83. The molecule has 0 fully saturated rings. The summed E-state index contributed by atoms with van der Waals surface area (Å²) in [7, 11) is 0. The summed E-state index contributed by atoms with van der Waals surface area (Å²) in [5, 5.41) is 0. The molecule has 0 aromatic heterocycles. The molecule has 0 aliphatic heterocycles. The first kappa shape index (κ1) is 26.3. The van der Waals surface area contributed by atoms with Crippen molar-refractivity contribution in [1.82, 2.24) is 0 Å². The molecule has 3 aromatic rings. The van der Waals surface area contributed by atoms with E-state index in [-0.39, 0.29) is 21.7 Å². The monoisotopic (exact) mass is 454 g/mol. The van der Waals surface area contributed by atoms with Gasteiger partial charge in [0.25, 0.3) is 0 Å². The molecule has 0 spiro atoms. The Morgan fingerprint density at radius 2 is 0.794 bits per heavy atom. The van der Waals surface area contributed by atoms with Gasteiger partial charge in [-0.3, -0.25) is 0 Å². The first-order valence-corrected chi connectivity index (χ1v) is 12.8. The fourth-order valence-corrected chi connectivity index (χ4v) is 4.83. The number of rotatable bonds is 2. The minimum Gasteiger partial charge on any atom is -0.0579 e. The molecule has 0 radical (unpaired) electrons. The summed E-state index contributed by atoms with van der Waals surface area (Å²) in [5.41, 5.74) is 11.3. The van der Waals surface area contributed by atoms with Crippen molar-refractivity contribution in [3.8, 4) is 22.3 Å². The van der Waals surface area contributed by atoms with Crippen LogP contribution in [0.4, 0.5) is 0 Å². The van der Waals surface area contributed by atoms with E-state index in [0.29, 0.717) is 0 Å². The highest BCUT2D eigenvalue weighted by Crippen LogP contribution is 2.45. The van der Waals surface area contributed by atoms with Gasteiger partial charge in [0, 0.05) is 0 Å². The lowest BCUT2D eigenvalue weighted by Crippen LogP contribution is -2.20. The van der Waals surface area contributed by atoms with Crippen LogP contribution in [-0.4, -0.2) is 0 Å². The van der Waals surface area contributed by atoms with Crippen LogP contribution >= 0.6 is 0 Å². The molecule has 0 aliphatic carbocycles. The molecule has 3 aromatic carbocycles. The van der Waals surface area contributed by atoms with Crippen LogP contribution < -0.4 is 0 Å². The standard InChI is InChI=1S/C34H46/c1-31(2,3)25-17-13-23(14-18-25)27-21-22-28(33(7,8)9)29(30(27)34(10,11)12)24-15-19-26(20-16-24)32(4,5)6/h13-22H,1-12H3. The Bertz CT molecular complexity index is 1130. The second-order valence-electron chi connectivity index (χ2n) is 14.1. The molecule has 182 valence electrons. The maximum atomic E-state index is 2.37. The molecule has 0 nitrogen and oxygen atoms in total. The van der Waals surface area contributed by atoms with Crippen LogP contribution in [0.2, 0.25) is 0 Å². The third-order valence-electron chi connectivity index (χ3n) is 6.86. The van der Waals surface area contributed by atoms with E-state index in [4.69, 9.17) is 0 Å². The number of benzene rings is 3. The number of hydrogen-bond donors (Lipinski definition) is 0. The molecular weight excluding hydrogens is 408 g/mol. The van der Waals surface area contributed by atoms with Crippen LogP contribution in [0, 0.1) is 0 Å². The smallest absolute Gasteiger partial charge is 0.0103 e. The summed E-state index contributed by atoms with van der Waals surface area (Å²) in [6.45, 7) is 27.7. The van der Waals surface area contributed by atoms with Crippen molar-refractivity contribution in [3.05, 3.63) is 82.9 Å². The fraction of sp³-hybridized carbons (Fsp3) is 0.471. The van der Waals surface area contributed by atoms with Crippen molar-refractivity contribution in [2.24, 2.45) is 0 Å². The van der Waals surface area contributed by atoms with E-state index in [2.05, 4.69) is 144 Å². The van der Waals surface area contributed by atoms with Gasteiger partial charge < -0.3 is 0 Å². The Balaban J connectivity index is 2.34. The van der Waals surface area contributed by atoms with Gasteiger partial charge in [-0.05, 0) is 66.2 Å². The zero-order chi connectivity index (χ0) is 25.7. The summed E-state index contributed by atoms with van der Waals surface area (Å²) in [6, 6.07) is 23.3. The lowest BCUT2D eigenvalue weighted by molar-refractivity contribution is 0.572. The zero-order valence-electron chi connectivity index (χ0n) is 23.8. The van der Waals surface area contributed by atoms with E-state index in [1.165, 1.54) is 44.5 Å². The van der Waals surface area contributed by atoms with Crippen LogP contribution in [-0.2, 0) is 21.7 Å². The first-order chi connectivity index (χ1) is 15.4. The maximum absolute atomic E-state index is 2.37. The number of hydrogen-bond acceptors (Lipinski definition) is 0. The van der Waals surface area contributed by atoms with Gasteiger partial charge in [0.05, 0.1) is 0 Å².